The summed E-state index contributed by atoms with van der Waals surface area (Å²) in [6.45, 7) is 2.86. The Hall–Kier alpha value is -0.570. The molecule has 0 unspecified atom stereocenters. The van der Waals surface area contributed by atoms with Crippen molar-refractivity contribution in [1.29, 1.82) is 0 Å². The van der Waals surface area contributed by atoms with Crippen molar-refractivity contribution in [3.8, 4) is 0 Å². The molecule has 1 aliphatic heterocycles. The number of nitrogens with one attached hydrogen (secondary N) is 1. The predicted molar refractivity (Wildman–Crippen MR) is 46.3 cm³/mol. The minimum absolute atomic E-state index is 0.168. The average molecular weight is 168 g/mol. The minimum atomic E-state index is 0.168. The lowest BCUT2D eigenvalue weighted by molar-refractivity contribution is -0.149. The molecule has 0 aromatic carbocycles. The highest BCUT2D eigenvalue weighted by molar-refractivity contribution is 5.82. The van der Waals surface area contributed by atoms with Crippen LogP contribution in [0.3, 0.4) is 0 Å². The Kier molecular flexibility index (Phi) is 1.83. The van der Waals surface area contributed by atoms with Crippen molar-refractivity contribution in [1.82, 2.24) is 10.4 Å². The van der Waals surface area contributed by atoms with Crippen molar-refractivity contribution >= 4 is 5.91 Å². The van der Waals surface area contributed by atoms with Gasteiger partial charge in [0.05, 0.1) is 6.54 Å². The third kappa shape index (κ3) is 1.22. The second-order valence-corrected chi connectivity index (χ2v) is 4.18. The van der Waals surface area contributed by atoms with Crippen molar-refractivity contribution in [2.75, 3.05) is 6.54 Å². The topological polar surface area (TPSA) is 32.3 Å². The van der Waals surface area contributed by atoms with Crippen LogP contribution in [0.5, 0.6) is 0 Å². The minimum Gasteiger partial charge on any atom is -0.287 e. The summed E-state index contributed by atoms with van der Waals surface area (Å²) in [6.07, 6.45) is 6.43. The first-order valence-electron chi connectivity index (χ1n) is 4.78. The summed E-state index contributed by atoms with van der Waals surface area (Å²) < 4.78 is 0. The standard InChI is InChI=1S/C9H16N2O/c1-9(5-3-2-4-6-9)11-7-8(12)10-11/h2-7H2,1H3,(H,10,12). The molecule has 68 valence electrons. The van der Waals surface area contributed by atoms with E-state index >= 15 is 0 Å². The summed E-state index contributed by atoms with van der Waals surface area (Å²) in [5.74, 6) is 0.168. The maximum atomic E-state index is 10.7. The molecule has 0 atom stereocenters. The Morgan fingerprint density at radius 3 is 2.42 bits per heavy atom. The molecule has 1 heterocycles. The van der Waals surface area contributed by atoms with Crippen LogP contribution in [0.1, 0.15) is 39.0 Å². The van der Waals surface area contributed by atoms with Gasteiger partial charge in [0.15, 0.2) is 0 Å². The van der Waals surface area contributed by atoms with Crippen molar-refractivity contribution in [2.45, 2.75) is 44.6 Å². The molecule has 2 aliphatic rings. The van der Waals surface area contributed by atoms with Crippen LogP contribution in [-0.2, 0) is 4.79 Å². The van der Waals surface area contributed by atoms with Gasteiger partial charge in [-0.1, -0.05) is 19.3 Å². The van der Waals surface area contributed by atoms with E-state index in [9.17, 15) is 4.79 Å². The molecule has 2 rings (SSSR count). The molecule has 1 saturated carbocycles. The van der Waals surface area contributed by atoms with Crippen LogP contribution in [0.2, 0.25) is 0 Å². The van der Waals surface area contributed by atoms with Crippen LogP contribution >= 0.6 is 0 Å². The number of hydrogen-bond acceptors (Lipinski definition) is 2. The molecular formula is C9H16N2O. The maximum Gasteiger partial charge on any atom is 0.250 e. The van der Waals surface area contributed by atoms with E-state index in [1.54, 1.807) is 0 Å². The molecule has 0 bridgehead atoms. The van der Waals surface area contributed by atoms with E-state index in [-0.39, 0.29) is 11.4 Å². The number of carbonyl (C=O) groups is 1. The Morgan fingerprint density at radius 1 is 1.33 bits per heavy atom. The highest BCUT2D eigenvalue weighted by Crippen LogP contribution is 2.33. The first kappa shape index (κ1) is 8.05. The molecule has 1 aliphatic carbocycles. The van der Waals surface area contributed by atoms with Gasteiger partial charge in [-0.05, 0) is 19.8 Å². The number of carbonyl (C=O) groups excluding carboxylic acids is 1. The number of hydrogen-bond donors (Lipinski definition) is 1. The number of amides is 1. The number of nitrogens with zero attached hydrogens (tertiary/aromatic N) is 1. The van der Waals surface area contributed by atoms with Gasteiger partial charge in [0.2, 0.25) is 5.91 Å². The van der Waals surface area contributed by atoms with Crippen LogP contribution in [0.25, 0.3) is 0 Å². The van der Waals surface area contributed by atoms with Crippen molar-refractivity contribution in [3.05, 3.63) is 0 Å². The summed E-state index contributed by atoms with van der Waals surface area (Å²) in [5, 5.41) is 2.11. The van der Waals surface area contributed by atoms with Gasteiger partial charge in [0.1, 0.15) is 0 Å². The molecule has 0 radical (unpaired) electrons. The molecule has 0 aromatic heterocycles. The lowest BCUT2D eigenvalue weighted by Crippen LogP contribution is -2.67. The van der Waals surface area contributed by atoms with Crippen LogP contribution in [-0.4, -0.2) is 23.0 Å². The zero-order chi connectivity index (χ0) is 8.60. The van der Waals surface area contributed by atoms with Gasteiger partial charge < -0.3 is 0 Å². The molecule has 1 saturated heterocycles. The summed E-state index contributed by atoms with van der Waals surface area (Å²) in [4.78, 5) is 10.7. The van der Waals surface area contributed by atoms with Gasteiger partial charge in [0.25, 0.3) is 0 Å². The van der Waals surface area contributed by atoms with E-state index < -0.39 is 0 Å². The maximum absolute atomic E-state index is 10.7. The van der Waals surface area contributed by atoms with E-state index in [0.717, 1.165) is 0 Å². The van der Waals surface area contributed by atoms with Gasteiger partial charge in [0, 0.05) is 5.54 Å². The molecule has 3 heteroatoms. The zero-order valence-electron chi connectivity index (χ0n) is 7.60. The number of hydrazine groups is 1. The highest BCUT2D eigenvalue weighted by atomic mass is 16.2. The van der Waals surface area contributed by atoms with E-state index in [0.29, 0.717) is 6.54 Å². The Labute approximate surface area is 73.1 Å². The molecule has 0 spiro atoms. The zero-order valence-corrected chi connectivity index (χ0v) is 7.60. The van der Waals surface area contributed by atoms with E-state index in [4.69, 9.17) is 0 Å². The SMILES string of the molecule is CC1(N2CC(=O)N2)CCCCC1. The van der Waals surface area contributed by atoms with Crippen molar-refractivity contribution in [2.24, 2.45) is 0 Å². The summed E-state index contributed by atoms with van der Waals surface area (Å²) in [6, 6.07) is 0. The molecule has 1 N–H and O–H groups in total. The van der Waals surface area contributed by atoms with E-state index in [1.807, 2.05) is 0 Å². The van der Waals surface area contributed by atoms with Gasteiger partial charge in [-0.25, -0.2) is 5.01 Å². The molecule has 12 heavy (non-hydrogen) atoms. The Morgan fingerprint density at radius 2 is 1.92 bits per heavy atom. The van der Waals surface area contributed by atoms with Gasteiger partial charge in [-0.2, -0.15) is 0 Å². The van der Waals surface area contributed by atoms with Crippen LogP contribution in [0.15, 0.2) is 0 Å². The largest absolute Gasteiger partial charge is 0.287 e. The first-order chi connectivity index (χ1) is 5.71. The Bertz CT molecular complexity index is 189. The molecule has 1 amide bonds. The fourth-order valence-electron chi connectivity index (χ4n) is 2.19. The van der Waals surface area contributed by atoms with Crippen LogP contribution in [0, 0.1) is 0 Å². The van der Waals surface area contributed by atoms with Crippen molar-refractivity contribution in [3.63, 3.8) is 0 Å². The lowest BCUT2D eigenvalue weighted by Gasteiger charge is -2.48. The summed E-state index contributed by atoms with van der Waals surface area (Å²) in [7, 11) is 0. The summed E-state index contributed by atoms with van der Waals surface area (Å²) in [5.41, 5.74) is 3.10. The monoisotopic (exact) mass is 168 g/mol. The highest BCUT2D eigenvalue weighted by Gasteiger charge is 2.39. The van der Waals surface area contributed by atoms with Crippen LogP contribution in [0.4, 0.5) is 0 Å². The molecule has 0 aromatic rings. The van der Waals surface area contributed by atoms with Crippen LogP contribution < -0.4 is 5.43 Å². The van der Waals surface area contributed by atoms with Gasteiger partial charge in [-0.3, -0.25) is 10.2 Å². The van der Waals surface area contributed by atoms with Gasteiger partial charge >= 0.3 is 0 Å². The quantitative estimate of drug-likeness (QED) is 0.635. The van der Waals surface area contributed by atoms with E-state index in [2.05, 4.69) is 17.4 Å². The fourth-order valence-corrected chi connectivity index (χ4v) is 2.19. The predicted octanol–water partition coefficient (Wildman–Crippen LogP) is 1.06. The smallest absolute Gasteiger partial charge is 0.250 e. The number of rotatable bonds is 1. The average Bonchev–Trinajstić information content (AvgIpc) is 2.00. The fraction of sp³-hybridized carbons (Fsp3) is 0.889. The van der Waals surface area contributed by atoms with Gasteiger partial charge in [-0.15, -0.1) is 0 Å². The van der Waals surface area contributed by atoms with E-state index in [1.165, 1.54) is 32.1 Å². The molecule has 2 fully saturated rings. The Balaban J connectivity index is 1.95. The third-order valence-electron chi connectivity index (χ3n) is 3.14. The van der Waals surface area contributed by atoms with Crippen molar-refractivity contribution < 1.29 is 4.79 Å². The second-order valence-electron chi connectivity index (χ2n) is 4.18. The lowest BCUT2D eigenvalue weighted by atomic mass is 9.82. The summed E-state index contributed by atoms with van der Waals surface area (Å²) >= 11 is 0. The normalized spacial score (nSPS) is 29.2. The first-order valence-corrected chi connectivity index (χ1v) is 4.78. The molecule has 3 nitrogen and oxygen atoms in total. The molecular weight excluding hydrogens is 152 g/mol. The second kappa shape index (κ2) is 2.73. The third-order valence-corrected chi connectivity index (χ3v) is 3.14.